The molecule has 1 aliphatic carbocycles. The molecular weight excluding hydrogens is 318 g/mol. The molecule has 0 spiro atoms. The first-order valence-corrected chi connectivity index (χ1v) is 9.63. The van der Waals surface area contributed by atoms with E-state index in [9.17, 15) is 9.59 Å². The van der Waals surface area contributed by atoms with Crippen LogP contribution in [-0.2, 0) is 14.3 Å². The summed E-state index contributed by atoms with van der Waals surface area (Å²) >= 11 is 0. The predicted molar refractivity (Wildman–Crippen MR) is 97.3 cm³/mol. The maximum absolute atomic E-state index is 12.6. The van der Waals surface area contributed by atoms with Gasteiger partial charge in [-0.3, -0.25) is 4.79 Å². The van der Waals surface area contributed by atoms with Gasteiger partial charge in [0.1, 0.15) is 5.60 Å². The van der Waals surface area contributed by atoms with E-state index in [2.05, 4.69) is 6.08 Å². The molecule has 1 aliphatic heterocycles. The lowest BCUT2D eigenvalue weighted by Gasteiger charge is -2.44. The van der Waals surface area contributed by atoms with Gasteiger partial charge in [0, 0.05) is 19.0 Å². The van der Waals surface area contributed by atoms with Gasteiger partial charge in [0.05, 0.1) is 6.61 Å². The number of amides is 1. The number of nitrogens with zero attached hydrogens (tertiary/aromatic N) is 1. The molecule has 5 nitrogen and oxygen atoms in total. The largest absolute Gasteiger partial charge is 0.466 e. The molecule has 0 N–H and O–H groups in total. The minimum absolute atomic E-state index is 0.138. The standard InChI is InChI=1S/C20H33NO4/c1-5-24-18(22)10-6-8-15-11-12-16-9-7-13-21(17(16)14-15)19(23)25-20(2,3)4/h8,16-17H,5-7,9-14H2,1-4H3/b15-8-/t16-,17+/m0/s1. The van der Waals surface area contributed by atoms with Crippen molar-refractivity contribution in [2.45, 2.75) is 84.3 Å². The molecule has 0 aromatic rings. The Morgan fingerprint density at radius 3 is 2.72 bits per heavy atom. The third-order valence-electron chi connectivity index (χ3n) is 4.94. The second kappa shape index (κ2) is 8.72. The summed E-state index contributed by atoms with van der Waals surface area (Å²) < 4.78 is 10.6. The highest BCUT2D eigenvalue weighted by molar-refractivity contribution is 5.69. The molecule has 5 heteroatoms. The summed E-state index contributed by atoms with van der Waals surface area (Å²) in [5.41, 5.74) is 0.901. The second-order valence-corrected chi connectivity index (χ2v) is 8.09. The van der Waals surface area contributed by atoms with Crippen molar-refractivity contribution < 1.29 is 19.1 Å². The van der Waals surface area contributed by atoms with E-state index in [0.29, 0.717) is 18.9 Å². The highest BCUT2D eigenvalue weighted by Crippen LogP contribution is 2.38. The summed E-state index contributed by atoms with van der Waals surface area (Å²) in [6.07, 6.45) is 8.50. The quantitative estimate of drug-likeness (QED) is 0.554. The number of hydrogen-bond acceptors (Lipinski definition) is 4. The smallest absolute Gasteiger partial charge is 0.410 e. The van der Waals surface area contributed by atoms with Crippen LogP contribution in [-0.4, -0.2) is 41.8 Å². The van der Waals surface area contributed by atoms with Crippen LogP contribution in [0.15, 0.2) is 11.6 Å². The Hall–Kier alpha value is -1.52. The number of allylic oxidation sites excluding steroid dienone is 1. The molecule has 2 atom stereocenters. The number of piperidine rings is 1. The molecule has 0 radical (unpaired) electrons. The Morgan fingerprint density at radius 1 is 1.28 bits per heavy atom. The number of carbonyl (C=O) groups excluding carboxylic acids is 2. The Labute approximate surface area is 151 Å². The van der Waals surface area contributed by atoms with E-state index in [1.807, 2.05) is 32.6 Å². The minimum atomic E-state index is -0.461. The van der Waals surface area contributed by atoms with E-state index in [1.165, 1.54) is 12.0 Å². The number of ether oxygens (including phenoxy) is 2. The Bertz CT molecular complexity index is 506. The summed E-state index contributed by atoms with van der Waals surface area (Å²) in [4.78, 5) is 26.0. The van der Waals surface area contributed by atoms with Gasteiger partial charge in [-0.1, -0.05) is 11.6 Å². The third-order valence-corrected chi connectivity index (χ3v) is 4.94. The molecule has 1 amide bonds. The van der Waals surface area contributed by atoms with E-state index < -0.39 is 5.60 Å². The summed E-state index contributed by atoms with van der Waals surface area (Å²) in [5.74, 6) is 0.435. The van der Waals surface area contributed by atoms with Crippen LogP contribution in [0.4, 0.5) is 4.79 Å². The Morgan fingerprint density at radius 2 is 2.04 bits per heavy atom. The van der Waals surface area contributed by atoms with Crippen molar-refractivity contribution in [1.29, 1.82) is 0 Å². The first-order chi connectivity index (χ1) is 11.8. The highest BCUT2D eigenvalue weighted by atomic mass is 16.6. The van der Waals surface area contributed by atoms with Gasteiger partial charge in [-0.25, -0.2) is 4.79 Å². The van der Waals surface area contributed by atoms with Crippen LogP contribution in [0.1, 0.15) is 72.6 Å². The molecule has 0 bridgehead atoms. The van der Waals surface area contributed by atoms with Crippen LogP contribution in [0.5, 0.6) is 0 Å². The van der Waals surface area contributed by atoms with Gasteiger partial charge < -0.3 is 14.4 Å². The van der Waals surface area contributed by atoms with Gasteiger partial charge in [0.2, 0.25) is 0 Å². The lowest BCUT2D eigenvalue weighted by molar-refractivity contribution is -0.143. The second-order valence-electron chi connectivity index (χ2n) is 8.09. The van der Waals surface area contributed by atoms with Crippen molar-refractivity contribution in [3.63, 3.8) is 0 Å². The molecule has 0 unspecified atom stereocenters. The van der Waals surface area contributed by atoms with Crippen LogP contribution in [0.3, 0.4) is 0 Å². The molecular formula is C20H33NO4. The zero-order valence-electron chi connectivity index (χ0n) is 16.2. The van der Waals surface area contributed by atoms with E-state index in [0.717, 1.165) is 38.6 Å². The zero-order valence-corrected chi connectivity index (χ0v) is 16.2. The van der Waals surface area contributed by atoms with Crippen LogP contribution < -0.4 is 0 Å². The molecule has 1 heterocycles. The minimum Gasteiger partial charge on any atom is -0.466 e. The number of carbonyl (C=O) groups is 2. The van der Waals surface area contributed by atoms with Gasteiger partial charge in [-0.15, -0.1) is 0 Å². The first-order valence-electron chi connectivity index (χ1n) is 9.63. The van der Waals surface area contributed by atoms with Crippen molar-refractivity contribution in [3.8, 4) is 0 Å². The highest BCUT2D eigenvalue weighted by Gasteiger charge is 2.38. The predicted octanol–water partition coefficient (Wildman–Crippen LogP) is 4.46. The van der Waals surface area contributed by atoms with Gasteiger partial charge in [-0.05, 0) is 72.1 Å². The van der Waals surface area contributed by atoms with E-state index in [-0.39, 0.29) is 18.1 Å². The molecule has 0 aromatic carbocycles. The van der Waals surface area contributed by atoms with Gasteiger partial charge in [0.15, 0.2) is 0 Å². The molecule has 2 aliphatic rings. The van der Waals surface area contributed by atoms with Crippen LogP contribution in [0, 0.1) is 5.92 Å². The fourth-order valence-corrected chi connectivity index (χ4v) is 3.85. The van der Waals surface area contributed by atoms with E-state index >= 15 is 0 Å². The molecule has 1 saturated heterocycles. The number of esters is 1. The van der Waals surface area contributed by atoms with Crippen molar-refractivity contribution >= 4 is 12.1 Å². The fourth-order valence-electron chi connectivity index (χ4n) is 3.85. The molecule has 25 heavy (non-hydrogen) atoms. The lowest BCUT2D eigenvalue weighted by Crippen LogP contribution is -2.51. The van der Waals surface area contributed by atoms with Crippen molar-refractivity contribution in [1.82, 2.24) is 4.90 Å². The lowest BCUT2D eigenvalue weighted by atomic mass is 9.76. The van der Waals surface area contributed by atoms with Gasteiger partial charge in [0.25, 0.3) is 0 Å². The van der Waals surface area contributed by atoms with Crippen LogP contribution >= 0.6 is 0 Å². The molecule has 142 valence electrons. The summed E-state index contributed by atoms with van der Waals surface area (Å²) in [5, 5.41) is 0. The summed E-state index contributed by atoms with van der Waals surface area (Å²) in [7, 11) is 0. The normalized spacial score (nSPS) is 25.4. The third kappa shape index (κ3) is 6.05. The molecule has 2 fully saturated rings. The van der Waals surface area contributed by atoms with E-state index in [1.54, 1.807) is 0 Å². The monoisotopic (exact) mass is 351 g/mol. The summed E-state index contributed by atoms with van der Waals surface area (Å²) in [6.45, 7) is 8.78. The number of rotatable bonds is 4. The number of hydrogen-bond donors (Lipinski definition) is 0. The van der Waals surface area contributed by atoms with Crippen molar-refractivity contribution in [2.75, 3.05) is 13.2 Å². The van der Waals surface area contributed by atoms with Crippen molar-refractivity contribution in [2.24, 2.45) is 5.92 Å². The average Bonchev–Trinajstić information content (AvgIpc) is 2.53. The topological polar surface area (TPSA) is 55.8 Å². The Kier molecular flexibility index (Phi) is 6.91. The number of likely N-dealkylation sites (tertiary alicyclic amines) is 1. The van der Waals surface area contributed by atoms with Crippen LogP contribution in [0.2, 0.25) is 0 Å². The maximum atomic E-state index is 12.6. The maximum Gasteiger partial charge on any atom is 0.410 e. The Balaban J connectivity index is 1.95. The zero-order chi connectivity index (χ0) is 18.4. The SMILES string of the molecule is CCOC(=O)CC/C=C1/CC[C@@H]2CCCN(C(=O)OC(C)(C)C)[C@@H]2C1. The fraction of sp³-hybridized carbons (Fsp3) is 0.800. The molecule has 1 saturated carbocycles. The summed E-state index contributed by atoms with van der Waals surface area (Å²) in [6, 6.07) is 0.242. The molecule has 2 rings (SSSR count). The van der Waals surface area contributed by atoms with Gasteiger partial charge in [-0.2, -0.15) is 0 Å². The first kappa shape index (κ1) is 19.8. The van der Waals surface area contributed by atoms with Crippen molar-refractivity contribution in [3.05, 3.63) is 11.6 Å². The van der Waals surface area contributed by atoms with E-state index in [4.69, 9.17) is 9.47 Å². The number of fused-ring (bicyclic) bond motifs is 1. The molecule has 0 aromatic heterocycles. The van der Waals surface area contributed by atoms with Gasteiger partial charge >= 0.3 is 12.1 Å². The van der Waals surface area contributed by atoms with Crippen LogP contribution in [0.25, 0.3) is 0 Å². The average molecular weight is 351 g/mol.